The highest BCUT2D eigenvalue weighted by molar-refractivity contribution is 5.33. The van der Waals surface area contributed by atoms with Crippen molar-refractivity contribution in [1.82, 2.24) is 5.32 Å². The average molecular weight is 295 g/mol. The molecule has 1 aromatic carbocycles. The molecule has 0 aromatic heterocycles. The Morgan fingerprint density at radius 1 is 1.33 bits per heavy atom. The van der Waals surface area contributed by atoms with Gasteiger partial charge in [-0.15, -0.1) is 0 Å². The molecule has 2 atom stereocenters. The molecule has 1 spiro atoms. The first-order valence-electron chi connectivity index (χ1n) is 7.50. The Morgan fingerprint density at radius 3 is 2.81 bits per heavy atom. The number of nitrogens with one attached hydrogen (secondary N) is 1. The van der Waals surface area contributed by atoms with E-state index in [2.05, 4.69) is 5.32 Å². The lowest BCUT2D eigenvalue weighted by molar-refractivity contribution is -0.196. The fraction of sp³-hybridized carbons (Fsp3) is 0.625. The van der Waals surface area contributed by atoms with Crippen LogP contribution in [0.3, 0.4) is 0 Å². The zero-order valence-corrected chi connectivity index (χ0v) is 12.5. The molecule has 2 fully saturated rings. The molecule has 5 heteroatoms. The molecule has 1 aliphatic heterocycles. The second-order valence-corrected chi connectivity index (χ2v) is 5.81. The van der Waals surface area contributed by atoms with E-state index in [-0.39, 0.29) is 18.0 Å². The minimum Gasteiger partial charge on any atom is -0.488 e. The van der Waals surface area contributed by atoms with Crippen LogP contribution in [0.5, 0.6) is 5.75 Å². The van der Waals surface area contributed by atoms with Crippen LogP contribution in [0.4, 0.5) is 4.39 Å². The van der Waals surface area contributed by atoms with Crippen LogP contribution in [-0.2, 0) is 9.47 Å². The van der Waals surface area contributed by atoms with Gasteiger partial charge in [-0.25, -0.2) is 4.39 Å². The van der Waals surface area contributed by atoms with Crippen molar-refractivity contribution in [3.05, 3.63) is 29.6 Å². The molecule has 0 bridgehead atoms. The molecular formula is C16H22FNO3. The van der Waals surface area contributed by atoms with Crippen molar-refractivity contribution in [3.8, 4) is 5.75 Å². The van der Waals surface area contributed by atoms with Gasteiger partial charge in [0, 0.05) is 24.9 Å². The Balaban J connectivity index is 1.78. The van der Waals surface area contributed by atoms with Crippen LogP contribution >= 0.6 is 0 Å². The van der Waals surface area contributed by atoms with Crippen LogP contribution in [0.2, 0.25) is 0 Å². The molecule has 0 radical (unpaired) electrons. The molecule has 1 heterocycles. The molecule has 3 rings (SSSR count). The van der Waals surface area contributed by atoms with Crippen molar-refractivity contribution in [2.45, 2.75) is 44.1 Å². The summed E-state index contributed by atoms with van der Waals surface area (Å²) >= 11 is 0. The van der Waals surface area contributed by atoms with Gasteiger partial charge in [0.1, 0.15) is 17.7 Å². The van der Waals surface area contributed by atoms with E-state index < -0.39 is 5.79 Å². The van der Waals surface area contributed by atoms with E-state index >= 15 is 0 Å². The number of benzene rings is 1. The molecule has 116 valence electrons. The number of rotatable bonds is 3. The van der Waals surface area contributed by atoms with Crippen molar-refractivity contribution < 1.29 is 18.6 Å². The van der Waals surface area contributed by atoms with Gasteiger partial charge >= 0.3 is 0 Å². The molecule has 1 saturated carbocycles. The number of hydrogen-bond acceptors (Lipinski definition) is 4. The first-order valence-corrected chi connectivity index (χ1v) is 7.50. The molecule has 1 N–H and O–H groups in total. The molecule has 1 aromatic rings. The summed E-state index contributed by atoms with van der Waals surface area (Å²) in [5.41, 5.74) is 0.930. The summed E-state index contributed by atoms with van der Waals surface area (Å²) in [4.78, 5) is 0. The Labute approximate surface area is 124 Å². The van der Waals surface area contributed by atoms with E-state index in [0.717, 1.165) is 18.4 Å². The van der Waals surface area contributed by atoms with Crippen molar-refractivity contribution in [3.63, 3.8) is 0 Å². The monoisotopic (exact) mass is 295 g/mol. The van der Waals surface area contributed by atoms with E-state index in [1.54, 1.807) is 6.07 Å². The van der Waals surface area contributed by atoms with E-state index in [1.165, 1.54) is 12.1 Å². The maximum absolute atomic E-state index is 13.4. The summed E-state index contributed by atoms with van der Waals surface area (Å²) in [6, 6.07) is 4.84. The van der Waals surface area contributed by atoms with Gasteiger partial charge in [-0.1, -0.05) is 6.07 Å². The van der Waals surface area contributed by atoms with Gasteiger partial charge in [0.25, 0.3) is 0 Å². The summed E-state index contributed by atoms with van der Waals surface area (Å²) in [6.45, 7) is 3.19. The zero-order valence-electron chi connectivity index (χ0n) is 12.5. The van der Waals surface area contributed by atoms with Gasteiger partial charge in [0.2, 0.25) is 0 Å². The first-order chi connectivity index (χ1) is 10.1. The van der Waals surface area contributed by atoms with Crippen molar-refractivity contribution in [2.24, 2.45) is 0 Å². The summed E-state index contributed by atoms with van der Waals surface area (Å²) in [5, 5.41) is 3.28. The van der Waals surface area contributed by atoms with E-state index in [1.807, 2.05) is 14.0 Å². The minimum atomic E-state index is -0.515. The third kappa shape index (κ3) is 3.05. The van der Waals surface area contributed by atoms with Crippen molar-refractivity contribution in [2.75, 3.05) is 20.3 Å². The van der Waals surface area contributed by atoms with Crippen LogP contribution in [0, 0.1) is 12.7 Å². The second-order valence-electron chi connectivity index (χ2n) is 5.81. The van der Waals surface area contributed by atoms with E-state index in [9.17, 15) is 4.39 Å². The summed E-state index contributed by atoms with van der Waals surface area (Å²) in [6.07, 6.45) is 2.34. The van der Waals surface area contributed by atoms with E-state index in [0.29, 0.717) is 25.4 Å². The highest BCUT2D eigenvalue weighted by atomic mass is 19.1. The van der Waals surface area contributed by atoms with Gasteiger partial charge in [0.05, 0.1) is 13.2 Å². The van der Waals surface area contributed by atoms with Gasteiger partial charge in [-0.3, -0.25) is 0 Å². The van der Waals surface area contributed by atoms with Crippen LogP contribution in [-0.4, -0.2) is 38.2 Å². The van der Waals surface area contributed by atoms with Gasteiger partial charge in [0.15, 0.2) is 5.79 Å². The highest BCUT2D eigenvalue weighted by Crippen LogP contribution is 2.38. The Bertz CT molecular complexity index is 502. The maximum atomic E-state index is 13.4. The molecule has 2 unspecified atom stereocenters. The maximum Gasteiger partial charge on any atom is 0.172 e. The number of ether oxygens (including phenoxy) is 3. The third-order valence-corrected chi connectivity index (χ3v) is 4.41. The lowest BCUT2D eigenvalue weighted by Crippen LogP contribution is -2.52. The van der Waals surface area contributed by atoms with E-state index in [4.69, 9.17) is 14.2 Å². The molecular weight excluding hydrogens is 273 g/mol. The standard InChI is InChI=1S/C16H22FNO3/c1-11-3-4-12(17)9-14(11)21-15-10-16(19-7-8-20-16)6-5-13(15)18-2/h3-4,9,13,15,18H,5-8,10H2,1-2H3. The fourth-order valence-corrected chi connectivity index (χ4v) is 3.19. The lowest BCUT2D eigenvalue weighted by atomic mass is 9.87. The van der Waals surface area contributed by atoms with Crippen LogP contribution < -0.4 is 10.1 Å². The zero-order chi connectivity index (χ0) is 14.9. The highest BCUT2D eigenvalue weighted by Gasteiger charge is 2.45. The molecule has 1 aliphatic carbocycles. The molecule has 0 amide bonds. The number of aryl methyl sites for hydroxylation is 1. The largest absolute Gasteiger partial charge is 0.488 e. The quantitative estimate of drug-likeness (QED) is 0.929. The van der Waals surface area contributed by atoms with Gasteiger partial charge in [-0.2, -0.15) is 0 Å². The second kappa shape index (κ2) is 5.91. The van der Waals surface area contributed by atoms with Crippen molar-refractivity contribution in [1.29, 1.82) is 0 Å². The number of halogens is 1. The molecule has 4 nitrogen and oxygen atoms in total. The summed E-state index contributed by atoms with van der Waals surface area (Å²) in [7, 11) is 1.92. The average Bonchev–Trinajstić information content (AvgIpc) is 2.91. The third-order valence-electron chi connectivity index (χ3n) is 4.41. The number of likely N-dealkylation sites (N-methyl/N-ethyl adjacent to an activating group) is 1. The Kier molecular flexibility index (Phi) is 4.15. The van der Waals surface area contributed by atoms with Crippen LogP contribution in [0.1, 0.15) is 24.8 Å². The Morgan fingerprint density at radius 2 is 2.10 bits per heavy atom. The van der Waals surface area contributed by atoms with Gasteiger partial charge in [-0.05, 0) is 32.0 Å². The smallest absolute Gasteiger partial charge is 0.172 e. The van der Waals surface area contributed by atoms with Crippen LogP contribution in [0.25, 0.3) is 0 Å². The predicted molar refractivity (Wildman–Crippen MR) is 76.9 cm³/mol. The lowest BCUT2D eigenvalue weighted by Gasteiger charge is -2.40. The molecule has 1 saturated heterocycles. The normalized spacial score (nSPS) is 28.0. The topological polar surface area (TPSA) is 39.7 Å². The predicted octanol–water partition coefficient (Wildman–Crippen LogP) is 2.40. The fourth-order valence-electron chi connectivity index (χ4n) is 3.19. The first kappa shape index (κ1) is 14.8. The molecule has 2 aliphatic rings. The van der Waals surface area contributed by atoms with Crippen molar-refractivity contribution >= 4 is 0 Å². The van der Waals surface area contributed by atoms with Crippen LogP contribution in [0.15, 0.2) is 18.2 Å². The minimum absolute atomic E-state index is 0.0950. The Hall–Kier alpha value is -1.17. The summed E-state index contributed by atoms with van der Waals surface area (Å²) in [5.74, 6) is -0.204. The summed E-state index contributed by atoms with van der Waals surface area (Å²) < 4.78 is 31.1. The van der Waals surface area contributed by atoms with Gasteiger partial charge < -0.3 is 19.5 Å². The number of hydrogen-bond donors (Lipinski definition) is 1. The molecule has 21 heavy (non-hydrogen) atoms. The SMILES string of the molecule is CNC1CCC2(CC1Oc1cc(F)ccc1C)OCCO2.